The normalized spacial score (nSPS) is 29.2. The van der Waals surface area contributed by atoms with Crippen molar-refractivity contribution in [3.05, 3.63) is 0 Å². The topological polar surface area (TPSA) is 75.4 Å². The van der Waals surface area contributed by atoms with Gasteiger partial charge in [-0.3, -0.25) is 9.59 Å². The van der Waals surface area contributed by atoms with E-state index in [9.17, 15) is 9.59 Å². The molecule has 2 aliphatic rings. The highest BCUT2D eigenvalue weighted by atomic mass is 16.2. The average molecular weight is 267 g/mol. The van der Waals surface area contributed by atoms with Gasteiger partial charge < -0.3 is 16.0 Å². The van der Waals surface area contributed by atoms with E-state index >= 15 is 0 Å². The number of amides is 2. The lowest BCUT2D eigenvalue weighted by Gasteiger charge is -2.38. The monoisotopic (exact) mass is 267 g/mol. The molecule has 2 fully saturated rings. The predicted octanol–water partition coefficient (Wildman–Crippen LogP) is 0.489. The Hall–Kier alpha value is -1.10. The van der Waals surface area contributed by atoms with E-state index in [0.29, 0.717) is 18.9 Å². The molecule has 3 N–H and O–H groups in total. The first-order valence-electron chi connectivity index (χ1n) is 7.37. The number of hydrogen-bond acceptors (Lipinski definition) is 3. The van der Waals surface area contributed by atoms with Crippen molar-refractivity contribution < 1.29 is 9.59 Å². The van der Waals surface area contributed by atoms with Crippen LogP contribution in [0.25, 0.3) is 0 Å². The molecule has 2 aliphatic heterocycles. The SMILES string of the molecule is CC1CCC(C(N)=O)CN1C(=O)CC1CCNCC1. The second-order valence-corrected chi connectivity index (χ2v) is 5.97. The Morgan fingerprint density at radius 2 is 1.89 bits per heavy atom. The van der Waals surface area contributed by atoms with Crippen molar-refractivity contribution in [1.29, 1.82) is 0 Å². The zero-order valence-corrected chi connectivity index (χ0v) is 11.7. The summed E-state index contributed by atoms with van der Waals surface area (Å²) >= 11 is 0. The molecule has 2 saturated heterocycles. The van der Waals surface area contributed by atoms with Crippen LogP contribution in [0.4, 0.5) is 0 Å². The molecule has 0 aromatic heterocycles. The van der Waals surface area contributed by atoms with Crippen LogP contribution in [0, 0.1) is 11.8 Å². The van der Waals surface area contributed by atoms with Gasteiger partial charge in [-0.05, 0) is 51.6 Å². The highest BCUT2D eigenvalue weighted by Gasteiger charge is 2.32. The number of nitrogens with one attached hydrogen (secondary N) is 1. The second-order valence-electron chi connectivity index (χ2n) is 5.97. The highest BCUT2D eigenvalue weighted by Crippen LogP contribution is 2.25. The van der Waals surface area contributed by atoms with E-state index in [2.05, 4.69) is 12.2 Å². The van der Waals surface area contributed by atoms with E-state index in [1.807, 2.05) is 4.90 Å². The summed E-state index contributed by atoms with van der Waals surface area (Å²) < 4.78 is 0. The lowest BCUT2D eigenvalue weighted by atomic mass is 9.90. The van der Waals surface area contributed by atoms with Crippen LogP contribution in [0.1, 0.15) is 39.0 Å². The molecule has 2 amide bonds. The lowest BCUT2D eigenvalue weighted by molar-refractivity contribution is -0.138. The molecule has 108 valence electrons. The van der Waals surface area contributed by atoms with Gasteiger partial charge in [0.2, 0.25) is 11.8 Å². The van der Waals surface area contributed by atoms with Crippen molar-refractivity contribution in [2.75, 3.05) is 19.6 Å². The van der Waals surface area contributed by atoms with E-state index in [1.54, 1.807) is 0 Å². The molecule has 5 heteroatoms. The number of hydrogen-bond donors (Lipinski definition) is 2. The van der Waals surface area contributed by atoms with Gasteiger partial charge in [0.1, 0.15) is 0 Å². The summed E-state index contributed by atoms with van der Waals surface area (Å²) in [6.07, 6.45) is 4.47. The van der Waals surface area contributed by atoms with E-state index < -0.39 is 0 Å². The van der Waals surface area contributed by atoms with Gasteiger partial charge in [0.15, 0.2) is 0 Å². The number of nitrogens with two attached hydrogens (primary N) is 1. The first kappa shape index (κ1) is 14.3. The van der Waals surface area contributed by atoms with E-state index in [1.165, 1.54) is 0 Å². The molecule has 0 radical (unpaired) electrons. The zero-order chi connectivity index (χ0) is 13.8. The van der Waals surface area contributed by atoms with Crippen molar-refractivity contribution in [1.82, 2.24) is 10.2 Å². The molecule has 19 heavy (non-hydrogen) atoms. The van der Waals surface area contributed by atoms with Crippen LogP contribution < -0.4 is 11.1 Å². The van der Waals surface area contributed by atoms with Crippen LogP contribution in [0.2, 0.25) is 0 Å². The van der Waals surface area contributed by atoms with Crippen LogP contribution in [0.15, 0.2) is 0 Å². The first-order chi connectivity index (χ1) is 9.08. The molecule has 2 unspecified atom stereocenters. The molecule has 0 aromatic carbocycles. The fourth-order valence-electron chi connectivity index (χ4n) is 3.14. The third-order valence-electron chi connectivity index (χ3n) is 4.53. The molecule has 2 rings (SSSR count). The molecule has 2 atom stereocenters. The van der Waals surface area contributed by atoms with Gasteiger partial charge in [0, 0.05) is 19.0 Å². The molecule has 0 bridgehead atoms. The number of primary amides is 1. The quantitative estimate of drug-likeness (QED) is 0.781. The number of carbonyl (C=O) groups excluding carboxylic acids is 2. The van der Waals surface area contributed by atoms with Crippen molar-refractivity contribution in [3.8, 4) is 0 Å². The summed E-state index contributed by atoms with van der Waals surface area (Å²) in [5.74, 6) is 0.264. The minimum absolute atomic E-state index is 0.159. The number of likely N-dealkylation sites (tertiary alicyclic amines) is 1. The largest absolute Gasteiger partial charge is 0.369 e. The van der Waals surface area contributed by atoms with Gasteiger partial charge in [0.05, 0.1) is 5.92 Å². The molecular weight excluding hydrogens is 242 g/mol. The summed E-state index contributed by atoms with van der Waals surface area (Å²) in [6.45, 7) is 4.60. The van der Waals surface area contributed by atoms with E-state index in [4.69, 9.17) is 5.73 Å². The Balaban J connectivity index is 1.90. The Kier molecular flexibility index (Phi) is 4.80. The Labute approximate surface area is 114 Å². The third kappa shape index (κ3) is 3.69. The van der Waals surface area contributed by atoms with Crippen molar-refractivity contribution in [2.24, 2.45) is 17.6 Å². The lowest BCUT2D eigenvalue weighted by Crippen LogP contribution is -2.49. The third-order valence-corrected chi connectivity index (χ3v) is 4.53. The maximum Gasteiger partial charge on any atom is 0.223 e. The summed E-state index contributed by atoms with van der Waals surface area (Å²) in [6, 6.07) is 0.241. The molecule has 5 nitrogen and oxygen atoms in total. The minimum Gasteiger partial charge on any atom is -0.369 e. The number of nitrogens with zero attached hydrogens (tertiary/aromatic N) is 1. The van der Waals surface area contributed by atoms with E-state index in [-0.39, 0.29) is 23.8 Å². The number of rotatable bonds is 3. The predicted molar refractivity (Wildman–Crippen MR) is 73.3 cm³/mol. The second kappa shape index (κ2) is 6.37. The van der Waals surface area contributed by atoms with Gasteiger partial charge in [0.25, 0.3) is 0 Å². The molecule has 0 saturated carbocycles. The highest BCUT2D eigenvalue weighted by molar-refractivity contribution is 5.80. The summed E-state index contributed by atoms with van der Waals surface area (Å²) in [5, 5.41) is 3.31. The molecule has 0 spiro atoms. The zero-order valence-electron chi connectivity index (χ0n) is 11.7. The Morgan fingerprint density at radius 3 is 2.53 bits per heavy atom. The van der Waals surface area contributed by atoms with Gasteiger partial charge in [-0.1, -0.05) is 0 Å². The molecule has 0 aliphatic carbocycles. The van der Waals surface area contributed by atoms with Gasteiger partial charge in [-0.15, -0.1) is 0 Å². The van der Waals surface area contributed by atoms with Gasteiger partial charge >= 0.3 is 0 Å². The van der Waals surface area contributed by atoms with Crippen LogP contribution in [-0.2, 0) is 9.59 Å². The van der Waals surface area contributed by atoms with Crippen molar-refractivity contribution in [2.45, 2.75) is 45.1 Å². The summed E-state index contributed by atoms with van der Waals surface area (Å²) in [7, 11) is 0. The van der Waals surface area contributed by atoms with Crippen molar-refractivity contribution >= 4 is 11.8 Å². The Bertz CT molecular complexity index is 340. The van der Waals surface area contributed by atoms with Crippen LogP contribution >= 0.6 is 0 Å². The fraction of sp³-hybridized carbons (Fsp3) is 0.857. The molecule has 0 aromatic rings. The standard InChI is InChI=1S/C14H25N3O2/c1-10-2-3-12(14(15)19)9-17(10)13(18)8-11-4-6-16-7-5-11/h10-12,16H,2-9H2,1H3,(H2,15,19). The van der Waals surface area contributed by atoms with Crippen LogP contribution in [-0.4, -0.2) is 42.4 Å². The van der Waals surface area contributed by atoms with Crippen LogP contribution in [0.3, 0.4) is 0 Å². The fourth-order valence-corrected chi connectivity index (χ4v) is 3.14. The summed E-state index contributed by atoms with van der Waals surface area (Å²) in [5.41, 5.74) is 5.37. The van der Waals surface area contributed by atoms with Gasteiger partial charge in [-0.25, -0.2) is 0 Å². The van der Waals surface area contributed by atoms with Gasteiger partial charge in [-0.2, -0.15) is 0 Å². The summed E-state index contributed by atoms with van der Waals surface area (Å²) in [4.78, 5) is 25.6. The number of carbonyl (C=O) groups is 2. The Morgan fingerprint density at radius 1 is 1.21 bits per heavy atom. The first-order valence-corrected chi connectivity index (χ1v) is 7.37. The maximum atomic E-state index is 12.4. The number of piperidine rings is 2. The average Bonchev–Trinajstić information content (AvgIpc) is 2.40. The molecular formula is C14H25N3O2. The smallest absolute Gasteiger partial charge is 0.223 e. The molecule has 2 heterocycles. The van der Waals surface area contributed by atoms with E-state index in [0.717, 1.165) is 38.8 Å². The van der Waals surface area contributed by atoms with Crippen LogP contribution in [0.5, 0.6) is 0 Å². The van der Waals surface area contributed by atoms with Crippen molar-refractivity contribution in [3.63, 3.8) is 0 Å². The minimum atomic E-state index is -0.272. The maximum absolute atomic E-state index is 12.4.